The predicted molar refractivity (Wildman–Crippen MR) is 121 cm³/mol. The summed E-state index contributed by atoms with van der Waals surface area (Å²) in [5.74, 6) is -0.176. The number of piperazine rings is 1. The molecule has 1 amide bonds. The van der Waals surface area contributed by atoms with E-state index in [4.69, 9.17) is 4.98 Å². The van der Waals surface area contributed by atoms with Crippen LogP contribution in [0, 0.1) is 10.1 Å². The highest BCUT2D eigenvalue weighted by molar-refractivity contribution is 7.13. The minimum absolute atomic E-state index is 0.0928. The number of hydrogen-bond acceptors (Lipinski definition) is 7. The third kappa shape index (κ3) is 4.73. The first-order valence-electron chi connectivity index (χ1n) is 10.0. The van der Waals surface area contributed by atoms with Crippen molar-refractivity contribution in [2.75, 3.05) is 38.5 Å². The van der Waals surface area contributed by atoms with Gasteiger partial charge in [0.05, 0.1) is 10.6 Å². The van der Waals surface area contributed by atoms with Gasteiger partial charge in [-0.1, -0.05) is 30.3 Å². The Morgan fingerprint density at radius 3 is 2.58 bits per heavy atom. The van der Waals surface area contributed by atoms with Gasteiger partial charge in [-0.3, -0.25) is 19.8 Å². The zero-order valence-corrected chi connectivity index (χ0v) is 18.0. The number of benzene rings is 2. The first-order chi connectivity index (χ1) is 15.0. The second-order valence-corrected chi connectivity index (χ2v) is 8.18. The number of amides is 1. The molecule has 0 saturated carbocycles. The van der Waals surface area contributed by atoms with Crippen LogP contribution >= 0.6 is 11.3 Å². The van der Waals surface area contributed by atoms with Crippen molar-refractivity contribution in [1.82, 2.24) is 14.8 Å². The third-order valence-corrected chi connectivity index (χ3v) is 6.27. The normalized spacial score (nSPS) is 14.4. The molecule has 0 aliphatic carbocycles. The van der Waals surface area contributed by atoms with Gasteiger partial charge in [0.2, 0.25) is 0 Å². The number of hydrogen-bond donors (Lipinski definition) is 1. The van der Waals surface area contributed by atoms with Crippen LogP contribution in [0.15, 0.2) is 53.9 Å². The van der Waals surface area contributed by atoms with E-state index < -0.39 is 4.92 Å². The maximum absolute atomic E-state index is 12.9. The summed E-state index contributed by atoms with van der Waals surface area (Å²) >= 11 is 1.64. The van der Waals surface area contributed by atoms with E-state index in [1.807, 2.05) is 18.2 Å². The van der Waals surface area contributed by atoms with E-state index in [0.717, 1.165) is 35.9 Å². The molecule has 1 fully saturated rings. The summed E-state index contributed by atoms with van der Waals surface area (Å²) in [6.45, 7) is 3.38. The van der Waals surface area contributed by atoms with Gasteiger partial charge in [-0.05, 0) is 12.1 Å². The van der Waals surface area contributed by atoms with Crippen LogP contribution in [-0.2, 0) is 6.54 Å². The average molecular weight is 438 g/mol. The van der Waals surface area contributed by atoms with E-state index in [2.05, 4.69) is 27.7 Å². The summed E-state index contributed by atoms with van der Waals surface area (Å²) in [5, 5.41) is 17.2. The van der Waals surface area contributed by atoms with E-state index in [-0.39, 0.29) is 11.6 Å². The van der Waals surface area contributed by atoms with Gasteiger partial charge in [0.25, 0.3) is 11.6 Å². The lowest BCUT2D eigenvalue weighted by Crippen LogP contribution is -2.48. The van der Waals surface area contributed by atoms with Crippen LogP contribution in [-0.4, -0.2) is 58.8 Å². The maximum Gasteiger partial charge on any atom is 0.293 e. The Balaban J connectivity index is 1.36. The Morgan fingerprint density at radius 2 is 1.90 bits per heavy atom. The largest absolute Gasteiger partial charge is 0.383 e. The van der Waals surface area contributed by atoms with Crippen molar-refractivity contribution < 1.29 is 9.72 Å². The summed E-state index contributed by atoms with van der Waals surface area (Å²) in [4.78, 5) is 32.4. The smallest absolute Gasteiger partial charge is 0.293 e. The number of carbonyl (C=O) groups is 1. The Bertz CT molecular complexity index is 1080. The van der Waals surface area contributed by atoms with E-state index in [9.17, 15) is 14.9 Å². The van der Waals surface area contributed by atoms with Gasteiger partial charge in [0.1, 0.15) is 10.7 Å². The SMILES string of the molecule is CNc1ccc(C(=O)N2CCN(Cc3csc(-c4ccccc4)n3)CC2)cc1[N+](=O)[O-]. The van der Waals surface area contributed by atoms with Crippen molar-refractivity contribution in [1.29, 1.82) is 0 Å². The first kappa shape index (κ1) is 21.0. The van der Waals surface area contributed by atoms with E-state index in [0.29, 0.717) is 24.3 Å². The zero-order valence-electron chi connectivity index (χ0n) is 17.2. The summed E-state index contributed by atoms with van der Waals surface area (Å²) in [5.41, 5.74) is 2.79. The second kappa shape index (κ2) is 9.23. The molecule has 1 aromatic heterocycles. The summed E-state index contributed by atoms with van der Waals surface area (Å²) in [6.07, 6.45) is 0. The Labute approximate surface area is 184 Å². The number of carbonyl (C=O) groups excluding carboxylic acids is 1. The lowest BCUT2D eigenvalue weighted by molar-refractivity contribution is -0.384. The van der Waals surface area contributed by atoms with Gasteiger partial charge >= 0.3 is 0 Å². The number of nitro groups is 1. The number of anilines is 1. The van der Waals surface area contributed by atoms with Gasteiger partial charge in [0, 0.05) is 62.3 Å². The van der Waals surface area contributed by atoms with Crippen LogP contribution in [0.1, 0.15) is 16.1 Å². The minimum atomic E-state index is -0.474. The summed E-state index contributed by atoms with van der Waals surface area (Å²) in [6, 6.07) is 14.7. The molecule has 0 bridgehead atoms. The van der Waals surface area contributed by atoms with E-state index >= 15 is 0 Å². The highest BCUT2D eigenvalue weighted by Crippen LogP contribution is 2.26. The number of nitrogens with zero attached hydrogens (tertiary/aromatic N) is 4. The lowest BCUT2D eigenvalue weighted by atomic mass is 10.1. The minimum Gasteiger partial charge on any atom is -0.383 e. The molecule has 1 aliphatic heterocycles. The van der Waals surface area contributed by atoms with Crippen molar-refractivity contribution >= 4 is 28.6 Å². The third-order valence-electron chi connectivity index (χ3n) is 5.33. The number of nitro benzene ring substituents is 1. The van der Waals surface area contributed by atoms with Gasteiger partial charge in [-0.15, -0.1) is 11.3 Å². The molecule has 31 heavy (non-hydrogen) atoms. The lowest BCUT2D eigenvalue weighted by Gasteiger charge is -2.34. The molecule has 160 valence electrons. The maximum atomic E-state index is 12.9. The molecule has 1 aliphatic rings. The Hall–Kier alpha value is -3.30. The fourth-order valence-electron chi connectivity index (χ4n) is 3.64. The molecule has 0 atom stereocenters. The molecule has 2 heterocycles. The van der Waals surface area contributed by atoms with Crippen LogP contribution in [0.25, 0.3) is 10.6 Å². The van der Waals surface area contributed by atoms with Crippen molar-refractivity contribution in [3.05, 3.63) is 75.3 Å². The number of nitrogens with one attached hydrogen (secondary N) is 1. The van der Waals surface area contributed by atoms with Crippen LogP contribution in [0.2, 0.25) is 0 Å². The number of rotatable bonds is 6. The highest BCUT2D eigenvalue weighted by Gasteiger charge is 2.25. The molecule has 2 aromatic carbocycles. The molecular formula is C22H23N5O3S. The van der Waals surface area contributed by atoms with Crippen molar-refractivity contribution in [3.8, 4) is 10.6 Å². The quantitative estimate of drug-likeness (QED) is 0.467. The standard InChI is InChI=1S/C22H23N5O3S/c1-23-19-8-7-17(13-20(19)27(29)30)22(28)26-11-9-25(10-12-26)14-18-15-31-21(24-18)16-5-3-2-4-6-16/h2-8,13,15,23H,9-12,14H2,1H3. The summed E-state index contributed by atoms with van der Waals surface area (Å²) in [7, 11) is 1.62. The highest BCUT2D eigenvalue weighted by atomic mass is 32.1. The van der Waals surface area contributed by atoms with Gasteiger partial charge in [-0.2, -0.15) is 0 Å². The molecule has 4 rings (SSSR count). The second-order valence-electron chi connectivity index (χ2n) is 7.32. The van der Waals surface area contributed by atoms with Gasteiger partial charge < -0.3 is 10.2 Å². The molecule has 0 unspecified atom stereocenters. The molecule has 0 spiro atoms. The fourth-order valence-corrected chi connectivity index (χ4v) is 4.46. The van der Waals surface area contributed by atoms with Crippen molar-refractivity contribution in [2.24, 2.45) is 0 Å². The number of aromatic nitrogens is 1. The van der Waals surface area contributed by atoms with Gasteiger partial charge in [0.15, 0.2) is 0 Å². The average Bonchev–Trinajstić information content (AvgIpc) is 3.27. The molecule has 8 nitrogen and oxygen atoms in total. The molecule has 0 radical (unpaired) electrons. The molecule has 1 saturated heterocycles. The molecule has 1 N–H and O–H groups in total. The van der Waals surface area contributed by atoms with Gasteiger partial charge in [-0.25, -0.2) is 4.98 Å². The predicted octanol–water partition coefficient (Wildman–Crippen LogP) is 3.72. The van der Waals surface area contributed by atoms with Crippen LogP contribution < -0.4 is 5.32 Å². The first-order valence-corrected chi connectivity index (χ1v) is 10.9. The topological polar surface area (TPSA) is 91.6 Å². The van der Waals surface area contributed by atoms with Crippen LogP contribution in [0.4, 0.5) is 11.4 Å². The van der Waals surface area contributed by atoms with Crippen LogP contribution in [0.3, 0.4) is 0 Å². The Morgan fingerprint density at radius 1 is 1.16 bits per heavy atom. The van der Waals surface area contributed by atoms with Crippen molar-refractivity contribution in [2.45, 2.75) is 6.54 Å². The number of thiazole rings is 1. The molecule has 9 heteroatoms. The fraction of sp³-hybridized carbons (Fsp3) is 0.273. The molecule has 3 aromatic rings. The molecular weight excluding hydrogens is 414 g/mol. The summed E-state index contributed by atoms with van der Waals surface area (Å²) < 4.78 is 0. The Kier molecular flexibility index (Phi) is 6.24. The van der Waals surface area contributed by atoms with Crippen LogP contribution in [0.5, 0.6) is 0 Å². The monoisotopic (exact) mass is 437 g/mol. The van der Waals surface area contributed by atoms with Crippen molar-refractivity contribution in [3.63, 3.8) is 0 Å². The van der Waals surface area contributed by atoms with E-state index in [1.54, 1.807) is 35.4 Å². The van der Waals surface area contributed by atoms with E-state index in [1.165, 1.54) is 6.07 Å². The zero-order chi connectivity index (χ0) is 21.8.